The molecule has 0 N–H and O–H groups in total. The van der Waals surface area contributed by atoms with E-state index in [9.17, 15) is 17.6 Å². The van der Waals surface area contributed by atoms with Crippen LogP contribution in [0, 0.1) is 5.82 Å². The minimum absolute atomic E-state index is 0.0157. The van der Waals surface area contributed by atoms with E-state index in [0.29, 0.717) is 28.9 Å². The molecule has 1 aromatic heterocycles. The van der Waals surface area contributed by atoms with Crippen LogP contribution in [0.15, 0.2) is 30.3 Å². The van der Waals surface area contributed by atoms with Gasteiger partial charge in [0.15, 0.2) is 5.79 Å². The minimum Gasteiger partial charge on any atom is -0.347 e. The summed E-state index contributed by atoms with van der Waals surface area (Å²) in [6.07, 6.45) is 4.50. The third-order valence-corrected chi connectivity index (χ3v) is 7.45. The Hall–Kier alpha value is -2.93. The number of benzene rings is 1. The normalized spacial score (nSPS) is 19.4. The fourth-order valence-electron chi connectivity index (χ4n) is 4.22. The van der Waals surface area contributed by atoms with Crippen molar-refractivity contribution >= 4 is 28.0 Å². The zero-order valence-electron chi connectivity index (χ0n) is 23.6. The third-order valence-electron chi connectivity index (χ3n) is 6.29. The maximum atomic E-state index is 13.7. The molecule has 0 saturated carbocycles. The number of carbonyl (C=O) groups is 1. The molecular formula is C27H37FN4O6S. The zero-order valence-corrected chi connectivity index (χ0v) is 24.5. The summed E-state index contributed by atoms with van der Waals surface area (Å²) < 4.78 is 51.4. The molecule has 12 heteroatoms. The van der Waals surface area contributed by atoms with Gasteiger partial charge in [0.25, 0.3) is 0 Å². The fourth-order valence-corrected chi connectivity index (χ4v) is 4.59. The van der Waals surface area contributed by atoms with Crippen LogP contribution in [0.3, 0.4) is 0 Å². The molecule has 1 aromatic carbocycles. The van der Waals surface area contributed by atoms with E-state index >= 15 is 0 Å². The Morgan fingerprint density at radius 3 is 2.41 bits per heavy atom. The second-order valence-electron chi connectivity index (χ2n) is 10.2. The number of aromatic nitrogens is 2. The van der Waals surface area contributed by atoms with Crippen molar-refractivity contribution in [2.24, 2.45) is 0 Å². The van der Waals surface area contributed by atoms with Crippen molar-refractivity contribution in [1.29, 1.82) is 0 Å². The van der Waals surface area contributed by atoms with Crippen molar-refractivity contribution in [1.82, 2.24) is 15.0 Å². The zero-order chi connectivity index (χ0) is 29.1. The van der Waals surface area contributed by atoms with Crippen molar-refractivity contribution in [3.8, 4) is 11.3 Å². The number of hydrogen-bond acceptors (Lipinski definition) is 8. The van der Waals surface area contributed by atoms with Crippen molar-refractivity contribution in [3.05, 3.63) is 47.4 Å². The largest absolute Gasteiger partial charge is 0.347 e. The van der Waals surface area contributed by atoms with Gasteiger partial charge in [0, 0.05) is 31.6 Å². The summed E-state index contributed by atoms with van der Waals surface area (Å²) in [6.45, 7) is 7.46. The standard InChI is InChI=1S/C27H37FN4O6S/c1-17(2)24-22(14-13-20-15-21(38-27(3,4)37-20)16-23(33)31(5)36-7)25(18-9-11-19(28)12-10-18)30-26(29-24)32(6)39(8,34)35/h9-14,17,20-21H,15-16H2,1-8H3/t20-,21-/m1/s1. The number of rotatable bonds is 9. The molecule has 2 heterocycles. The molecule has 2 aromatic rings. The summed E-state index contributed by atoms with van der Waals surface area (Å²) in [4.78, 5) is 26.6. The lowest BCUT2D eigenvalue weighted by Crippen LogP contribution is -2.45. The Bertz CT molecular complexity index is 1310. The topological polar surface area (TPSA) is 111 Å². The second kappa shape index (κ2) is 12.1. The SMILES string of the molecule is CON(C)C(=O)C[C@H]1C[C@@H](C=Cc2c(-c3ccc(F)cc3)nc(N(C)S(C)(=O)=O)nc2C(C)C)OC(C)(C)O1. The summed E-state index contributed by atoms with van der Waals surface area (Å²) >= 11 is 0. The van der Waals surface area contributed by atoms with Crippen LogP contribution in [-0.2, 0) is 29.1 Å². The van der Waals surface area contributed by atoms with E-state index in [-0.39, 0.29) is 24.2 Å². The summed E-state index contributed by atoms with van der Waals surface area (Å²) in [5, 5.41) is 1.16. The van der Waals surface area contributed by atoms with E-state index < -0.39 is 33.8 Å². The van der Waals surface area contributed by atoms with E-state index in [1.165, 1.54) is 26.3 Å². The van der Waals surface area contributed by atoms with Gasteiger partial charge in [0.05, 0.1) is 43.4 Å². The Kier molecular flexibility index (Phi) is 9.47. The fraction of sp³-hybridized carbons (Fsp3) is 0.519. The van der Waals surface area contributed by atoms with Gasteiger partial charge in [-0.25, -0.2) is 32.1 Å². The van der Waals surface area contributed by atoms with Gasteiger partial charge in [-0.05, 0) is 44.0 Å². The summed E-state index contributed by atoms with van der Waals surface area (Å²) in [6, 6.07) is 5.82. The first-order valence-corrected chi connectivity index (χ1v) is 14.4. The number of hydroxylamine groups is 2. The molecule has 0 aliphatic carbocycles. The van der Waals surface area contributed by atoms with Crippen LogP contribution in [0.25, 0.3) is 17.3 Å². The molecule has 3 rings (SSSR count). The first-order chi connectivity index (χ1) is 18.1. The predicted octanol–water partition coefficient (Wildman–Crippen LogP) is 4.14. The number of ether oxygens (including phenoxy) is 2. The lowest BCUT2D eigenvalue weighted by molar-refractivity contribution is -0.290. The number of amides is 1. The summed E-state index contributed by atoms with van der Waals surface area (Å²) in [5.74, 6) is -1.64. The molecule has 1 aliphatic heterocycles. The lowest BCUT2D eigenvalue weighted by Gasteiger charge is -2.40. The van der Waals surface area contributed by atoms with E-state index in [0.717, 1.165) is 15.6 Å². The molecule has 1 aliphatic rings. The van der Waals surface area contributed by atoms with Crippen LogP contribution in [0.4, 0.5) is 10.3 Å². The van der Waals surface area contributed by atoms with Crippen molar-refractivity contribution < 1.29 is 31.9 Å². The Labute approximate surface area is 229 Å². The van der Waals surface area contributed by atoms with Gasteiger partial charge < -0.3 is 9.47 Å². The molecule has 0 bridgehead atoms. The maximum Gasteiger partial charge on any atom is 0.248 e. The van der Waals surface area contributed by atoms with Crippen molar-refractivity contribution in [2.75, 3.05) is 31.8 Å². The second-order valence-corrected chi connectivity index (χ2v) is 12.2. The van der Waals surface area contributed by atoms with E-state index in [2.05, 4.69) is 9.97 Å². The molecule has 1 amide bonds. The molecule has 2 atom stereocenters. The van der Waals surface area contributed by atoms with Crippen molar-refractivity contribution in [2.45, 2.75) is 64.4 Å². The summed E-state index contributed by atoms with van der Waals surface area (Å²) in [5.41, 5.74) is 2.32. The van der Waals surface area contributed by atoms with Crippen molar-refractivity contribution in [3.63, 3.8) is 0 Å². The number of nitrogens with zero attached hydrogens (tertiary/aromatic N) is 4. The maximum absolute atomic E-state index is 13.7. The minimum atomic E-state index is -3.63. The highest BCUT2D eigenvalue weighted by atomic mass is 32.2. The smallest absolute Gasteiger partial charge is 0.248 e. The molecule has 0 unspecified atom stereocenters. The van der Waals surface area contributed by atoms with Crippen LogP contribution in [0.1, 0.15) is 57.7 Å². The van der Waals surface area contributed by atoms with Gasteiger partial charge in [-0.3, -0.25) is 9.63 Å². The van der Waals surface area contributed by atoms with E-state index in [4.69, 9.17) is 14.3 Å². The number of halogens is 1. The molecule has 214 valence electrons. The molecule has 10 nitrogen and oxygen atoms in total. The summed E-state index contributed by atoms with van der Waals surface area (Å²) in [7, 11) is 0.723. The van der Waals surface area contributed by atoms with Gasteiger partial charge in [0.1, 0.15) is 5.82 Å². The number of hydrogen-bond donors (Lipinski definition) is 0. The monoisotopic (exact) mass is 564 g/mol. The molecule has 39 heavy (non-hydrogen) atoms. The van der Waals surface area contributed by atoms with Crippen LogP contribution >= 0.6 is 0 Å². The van der Waals surface area contributed by atoms with Crippen LogP contribution in [-0.4, -0.2) is 74.8 Å². The van der Waals surface area contributed by atoms with Crippen LogP contribution in [0.5, 0.6) is 0 Å². The molecule has 1 saturated heterocycles. The van der Waals surface area contributed by atoms with E-state index in [1.807, 2.05) is 26.0 Å². The van der Waals surface area contributed by atoms with Gasteiger partial charge in [-0.2, -0.15) is 0 Å². The van der Waals surface area contributed by atoms with Crippen LogP contribution in [0.2, 0.25) is 0 Å². The average Bonchev–Trinajstić information content (AvgIpc) is 2.84. The predicted molar refractivity (Wildman–Crippen MR) is 147 cm³/mol. The Morgan fingerprint density at radius 2 is 1.85 bits per heavy atom. The first kappa shape index (κ1) is 30.6. The van der Waals surface area contributed by atoms with E-state index in [1.54, 1.807) is 33.0 Å². The highest BCUT2D eigenvalue weighted by Gasteiger charge is 2.36. The third kappa shape index (κ3) is 7.81. The van der Waals surface area contributed by atoms with Gasteiger partial charge >= 0.3 is 0 Å². The average molecular weight is 565 g/mol. The van der Waals surface area contributed by atoms with Gasteiger partial charge in [0.2, 0.25) is 21.9 Å². The van der Waals surface area contributed by atoms with Crippen LogP contribution < -0.4 is 4.31 Å². The number of carbonyl (C=O) groups excluding carboxylic acids is 1. The highest BCUT2D eigenvalue weighted by Crippen LogP contribution is 2.34. The molecule has 0 radical (unpaired) electrons. The number of sulfonamides is 1. The Balaban J connectivity index is 2.07. The molecule has 1 fully saturated rings. The molecule has 0 spiro atoms. The number of anilines is 1. The van der Waals surface area contributed by atoms with Gasteiger partial charge in [-0.1, -0.05) is 26.0 Å². The Morgan fingerprint density at radius 1 is 1.21 bits per heavy atom. The first-order valence-electron chi connectivity index (χ1n) is 12.6. The quantitative estimate of drug-likeness (QED) is 0.418. The van der Waals surface area contributed by atoms with Gasteiger partial charge in [-0.15, -0.1) is 0 Å². The lowest BCUT2D eigenvalue weighted by atomic mass is 9.97. The molecular weight excluding hydrogens is 527 g/mol. The highest BCUT2D eigenvalue weighted by molar-refractivity contribution is 7.92.